The molecule has 1 amide bonds. The van der Waals surface area contributed by atoms with E-state index in [0.717, 1.165) is 51.3 Å². The van der Waals surface area contributed by atoms with E-state index in [1.807, 2.05) is 12.1 Å². The molecule has 0 saturated carbocycles. The third-order valence-corrected chi connectivity index (χ3v) is 3.85. The van der Waals surface area contributed by atoms with E-state index in [1.165, 1.54) is 0 Å². The number of aromatic nitrogens is 1. The van der Waals surface area contributed by atoms with Crippen molar-refractivity contribution in [2.24, 2.45) is 0 Å². The highest BCUT2D eigenvalue weighted by atomic mass is 16.2. The Balaban J connectivity index is 1.54. The molecule has 0 aromatic carbocycles. The number of likely N-dealkylation sites (N-methyl/N-ethyl adjacent to an activating group) is 1. The normalized spacial score (nSPS) is 17.0. The summed E-state index contributed by atoms with van der Waals surface area (Å²) < 4.78 is 0. The Hall–Kier alpha value is -1.66. The molecule has 0 radical (unpaired) electrons. The lowest BCUT2D eigenvalue weighted by molar-refractivity contribution is -0.122. The first kappa shape index (κ1) is 16.7. The van der Waals surface area contributed by atoms with Gasteiger partial charge < -0.3 is 15.5 Å². The molecule has 2 heterocycles. The minimum Gasteiger partial charge on any atom is -0.384 e. The molecule has 2 rings (SSSR count). The van der Waals surface area contributed by atoms with Crippen molar-refractivity contribution < 1.29 is 4.79 Å². The van der Waals surface area contributed by atoms with Gasteiger partial charge in [0, 0.05) is 38.6 Å². The Labute approximate surface area is 132 Å². The third-order valence-electron chi connectivity index (χ3n) is 3.85. The van der Waals surface area contributed by atoms with E-state index in [0.29, 0.717) is 13.1 Å². The van der Waals surface area contributed by atoms with Gasteiger partial charge in [0.1, 0.15) is 0 Å². The summed E-state index contributed by atoms with van der Waals surface area (Å²) in [5.41, 5.74) is 1.02. The molecular formula is C16H27N5O. The molecule has 0 bridgehead atoms. The SMILES string of the molecule is CN1CCCN(CC(=O)NCCCNc2cccnc2)CC1. The molecule has 6 nitrogen and oxygen atoms in total. The van der Waals surface area contributed by atoms with Crippen LogP contribution in [0.1, 0.15) is 12.8 Å². The van der Waals surface area contributed by atoms with Crippen LogP contribution in [0.15, 0.2) is 24.5 Å². The first-order valence-electron chi connectivity index (χ1n) is 8.05. The van der Waals surface area contributed by atoms with E-state index in [4.69, 9.17) is 0 Å². The summed E-state index contributed by atoms with van der Waals surface area (Å²) >= 11 is 0. The fraction of sp³-hybridized carbons (Fsp3) is 0.625. The standard InChI is InChI=1S/C16H27N5O/c1-20-9-4-10-21(12-11-20)14-16(22)19-8-3-7-18-15-5-2-6-17-13-15/h2,5-6,13,18H,3-4,7-12,14H2,1H3,(H,19,22). The molecule has 1 aliphatic rings. The van der Waals surface area contributed by atoms with Crippen LogP contribution in [0.2, 0.25) is 0 Å². The molecule has 0 aliphatic carbocycles. The number of anilines is 1. The van der Waals surface area contributed by atoms with Crippen LogP contribution in [0, 0.1) is 0 Å². The van der Waals surface area contributed by atoms with Crippen LogP contribution in [0.3, 0.4) is 0 Å². The fourth-order valence-corrected chi connectivity index (χ4v) is 2.53. The third kappa shape index (κ3) is 6.41. The van der Waals surface area contributed by atoms with Crippen molar-refractivity contribution in [3.63, 3.8) is 0 Å². The lowest BCUT2D eigenvalue weighted by Gasteiger charge is -2.19. The maximum Gasteiger partial charge on any atom is 0.234 e. The summed E-state index contributed by atoms with van der Waals surface area (Å²) in [6, 6.07) is 3.89. The minimum absolute atomic E-state index is 0.130. The van der Waals surface area contributed by atoms with Gasteiger partial charge in [0.05, 0.1) is 12.2 Å². The number of nitrogens with zero attached hydrogens (tertiary/aromatic N) is 3. The lowest BCUT2D eigenvalue weighted by atomic mass is 10.3. The van der Waals surface area contributed by atoms with Crippen LogP contribution >= 0.6 is 0 Å². The van der Waals surface area contributed by atoms with E-state index in [9.17, 15) is 4.79 Å². The number of pyridine rings is 1. The molecule has 1 aromatic rings. The Kier molecular flexibility index (Phi) is 7.12. The number of nitrogens with one attached hydrogen (secondary N) is 2. The van der Waals surface area contributed by atoms with Gasteiger partial charge in [-0.15, -0.1) is 0 Å². The molecule has 122 valence electrons. The summed E-state index contributed by atoms with van der Waals surface area (Å²) in [4.78, 5) is 20.6. The van der Waals surface area contributed by atoms with Crippen molar-refractivity contribution in [1.82, 2.24) is 20.1 Å². The van der Waals surface area contributed by atoms with E-state index in [-0.39, 0.29) is 5.91 Å². The maximum atomic E-state index is 11.9. The second-order valence-electron chi connectivity index (χ2n) is 5.80. The van der Waals surface area contributed by atoms with Gasteiger partial charge >= 0.3 is 0 Å². The number of carbonyl (C=O) groups excluding carboxylic acids is 1. The Bertz CT molecular complexity index is 439. The molecule has 6 heteroatoms. The molecule has 0 atom stereocenters. The van der Waals surface area contributed by atoms with Gasteiger partial charge in [0.2, 0.25) is 5.91 Å². The fourth-order valence-electron chi connectivity index (χ4n) is 2.53. The van der Waals surface area contributed by atoms with E-state index in [2.05, 4.69) is 32.5 Å². The van der Waals surface area contributed by atoms with E-state index < -0.39 is 0 Å². The van der Waals surface area contributed by atoms with Crippen molar-refractivity contribution in [1.29, 1.82) is 0 Å². The second kappa shape index (κ2) is 9.38. The zero-order valence-electron chi connectivity index (χ0n) is 13.4. The van der Waals surface area contributed by atoms with Crippen LogP contribution in [0.4, 0.5) is 5.69 Å². The highest BCUT2D eigenvalue weighted by Gasteiger charge is 2.14. The minimum atomic E-state index is 0.130. The number of rotatable bonds is 7. The summed E-state index contributed by atoms with van der Waals surface area (Å²) in [5.74, 6) is 0.130. The molecule has 0 unspecified atom stereocenters. The molecular weight excluding hydrogens is 278 g/mol. The van der Waals surface area contributed by atoms with Crippen LogP contribution in [-0.4, -0.2) is 73.6 Å². The van der Waals surface area contributed by atoms with Gasteiger partial charge in [-0.3, -0.25) is 14.7 Å². The number of hydrogen-bond donors (Lipinski definition) is 2. The maximum absolute atomic E-state index is 11.9. The van der Waals surface area contributed by atoms with E-state index in [1.54, 1.807) is 12.4 Å². The summed E-state index contributed by atoms with van der Waals surface area (Å²) in [6.45, 7) is 6.22. The van der Waals surface area contributed by atoms with Crippen LogP contribution < -0.4 is 10.6 Å². The quantitative estimate of drug-likeness (QED) is 0.724. The Morgan fingerprint density at radius 2 is 2.18 bits per heavy atom. The zero-order chi connectivity index (χ0) is 15.6. The first-order chi connectivity index (χ1) is 10.7. The molecule has 0 spiro atoms. The van der Waals surface area contributed by atoms with Crippen LogP contribution in [-0.2, 0) is 4.79 Å². The number of hydrogen-bond acceptors (Lipinski definition) is 5. The van der Waals surface area contributed by atoms with E-state index >= 15 is 0 Å². The topological polar surface area (TPSA) is 60.5 Å². The molecule has 2 N–H and O–H groups in total. The van der Waals surface area contributed by atoms with Crippen molar-refractivity contribution in [3.05, 3.63) is 24.5 Å². The zero-order valence-corrected chi connectivity index (χ0v) is 13.4. The summed E-state index contributed by atoms with van der Waals surface area (Å²) in [5, 5.41) is 6.28. The molecule has 1 aromatic heterocycles. The van der Waals surface area contributed by atoms with Gasteiger partial charge in [-0.2, -0.15) is 0 Å². The molecule has 1 fully saturated rings. The van der Waals surface area contributed by atoms with Crippen molar-refractivity contribution in [2.75, 3.05) is 58.2 Å². The molecule has 1 saturated heterocycles. The van der Waals surface area contributed by atoms with Gasteiger partial charge in [-0.05, 0) is 45.1 Å². The van der Waals surface area contributed by atoms with Crippen LogP contribution in [0.5, 0.6) is 0 Å². The average molecular weight is 305 g/mol. The van der Waals surface area contributed by atoms with Gasteiger partial charge in [-0.25, -0.2) is 0 Å². The number of amides is 1. The van der Waals surface area contributed by atoms with Crippen molar-refractivity contribution in [2.45, 2.75) is 12.8 Å². The summed E-state index contributed by atoms with van der Waals surface area (Å²) in [7, 11) is 2.14. The smallest absolute Gasteiger partial charge is 0.234 e. The monoisotopic (exact) mass is 305 g/mol. The Morgan fingerprint density at radius 1 is 1.27 bits per heavy atom. The highest BCUT2D eigenvalue weighted by Crippen LogP contribution is 2.02. The van der Waals surface area contributed by atoms with Crippen LogP contribution in [0.25, 0.3) is 0 Å². The Morgan fingerprint density at radius 3 is 3.00 bits per heavy atom. The second-order valence-corrected chi connectivity index (χ2v) is 5.80. The highest BCUT2D eigenvalue weighted by molar-refractivity contribution is 5.77. The predicted molar refractivity (Wildman–Crippen MR) is 88.9 cm³/mol. The van der Waals surface area contributed by atoms with Gasteiger partial charge in [-0.1, -0.05) is 0 Å². The van der Waals surface area contributed by atoms with Gasteiger partial charge in [0.25, 0.3) is 0 Å². The predicted octanol–water partition coefficient (Wildman–Crippen LogP) is 0.637. The summed E-state index contributed by atoms with van der Waals surface area (Å²) in [6.07, 6.45) is 5.60. The first-order valence-corrected chi connectivity index (χ1v) is 8.05. The molecule has 1 aliphatic heterocycles. The van der Waals surface area contributed by atoms with Crippen molar-refractivity contribution in [3.8, 4) is 0 Å². The number of carbonyl (C=O) groups is 1. The van der Waals surface area contributed by atoms with Crippen molar-refractivity contribution >= 4 is 11.6 Å². The molecule has 22 heavy (non-hydrogen) atoms. The average Bonchev–Trinajstić information content (AvgIpc) is 2.73. The largest absolute Gasteiger partial charge is 0.384 e. The lowest BCUT2D eigenvalue weighted by Crippen LogP contribution is -2.39. The van der Waals surface area contributed by atoms with Gasteiger partial charge in [0.15, 0.2) is 0 Å².